The summed E-state index contributed by atoms with van der Waals surface area (Å²) >= 11 is 9.54. The predicted octanol–water partition coefficient (Wildman–Crippen LogP) is 13.2. The van der Waals surface area contributed by atoms with Gasteiger partial charge in [0.15, 0.2) is 54.4 Å². The monoisotopic (exact) mass is 2430 g/mol. The molecule has 0 radical (unpaired) electrons. The third-order valence-electron chi connectivity index (χ3n) is 31.3. The summed E-state index contributed by atoms with van der Waals surface area (Å²) in [6, 6.07) is 0. The summed E-state index contributed by atoms with van der Waals surface area (Å²) in [7, 11) is 6.39. The van der Waals surface area contributed by atoms with E-state index in [0.717, 1.165) is 49.7 Å². The van der Waals surface area contributed by atoms with Gasteiger partial charge in [-0.05, 0) is 164 Å². The number of aliphatic hydroxyl groups excluding tert-OH is 2. The standard InChI is InChI=1S/C50H76O14.C50H72O14.I3.I2/c2*1-27-13-12-16-34-26-57-47-42(51)30(4)21-37(50(34,47)54)48(53)60-36-22-35(63-49(25-36)20-19-29(3)45(64-49)33-14-10-9-11-15-33)18-17-28(2)44(27)61-41-24-39(56-8)46(32(6)59-41)62-40-23-38(55-7)43(52)31(5)58-40;1-3-2;1-2/h12-13,16-17,21,27,29,31-33,35-47,51-52,54H,9-11,14-15,18-20,22-26H2,1-8H3;12-13,16-17,21,27,29,31-33,35-41,44-47,54H,9-11,14-15,18-20,22-26H2,1-8H3;;/q;;-1;/b2*13-12+,28-17+,34-16+;;/t27-,29-,31?,32?,35+,36-,37-,38+,39+,40-,41-,42?,43-,44-,45-,46-,47+,49?,50+;27-,29-,31?,32?,35+,36-,37-,38+,39+,40-,41-,44-,45-,46-,47+,49?,50+;;/m00../s1. The zero-order valence-electron chi connectivity index (χ0n) is 80.3. The van der Waals surface area contributed by atoms with Gasteiger partial charge in [0, 0.05) is 142 Å². The number of ether oxygens (including phenoxy) is 20. The predicted molar refractivity (Wildman–Crippen MR) is 523 cm³/mol. The Morgan fingerprint density at radius 1 is 0.481 bits per heavy atom. The Labute approximate surface area is 840 Å². The zero-order valence-corrected chi connectivity index (χ0v) is 91.1. The topological polar surface area (TPSA) is 334 Å². The molecule has 4 bridgehead atoms. The first-order chi connectivity index (χ1) is 63.7. The van der Waals surface area contributed by atoms with Crippen molar-refractivity contribution in [3.05, 3.63) is 94.2 Å². The summed E-state index contributed by atoms with van der Waals surface area (Å²) in [6.07, 6.45) is 24.2. The van der Waals surface area contributed by atoms with Gasteiger partial charge in [0.2, 0.25) is 0 Å². The molecule has 2 spiro atoms. The van der Waals surface area contributed by atoms with Gasteiger partial charge in [0.05, 0.1) is 86.5 Å². The molecule has 36 atom stereocenters. The number of hydrogen-bond acceptors (Lipinski definition) is 28. The van der Waals surface area contributed by atoms with Gasteiger partial charge in [-0.25, -0.2) is 0 Å². The van der Waals surface area contributed by atoms with Crippen LogP contribution in [0.15, 0.2) is 94.2 Å². The van der Waals surface area contributed by atoms with Crippen LogP contribution >= 0.6 is 74.5 Å². The van der Waals surface area contributed by atoms with Crippen molar-refractivity contribution >= 4 is 98.0 Å². The average Bonchev–Trinajstić information content (AvgIpc) is 1.61. The van der Waals surface area contributed by atoms with E-state index in [0.29, 0.717) is 130 Å². The van der Waals surface area contributed by atoms with E-state index in [2.05, 4.69) is 128 Å². The van der Waals surface area contributed by atoms with Crippen LogP contribution < -0.4 is 13.3 Å². The molecule has 133 heavy (non-hydrogen) atoms. The maximum atomic E-state index is 14.5. The Morgan fingerprint density at radius 2 is 0.917 bits per heavy atom. The van der Waals surface area contributed by atoms with Crippen LogP contribution in [0.2, 0.25) is 0 Å². The van der Waals surface area contributed by atoms with Gasteiger partial charge in [-0.15, -0.1) is 0 Å². The molecule has 12 fully saturated rings. The number of allylic oxidation sites excluding steroid dienone is 4. The zero-order chi connectivity index (χ0) is 95.7. The third-order valence-corrected chi connectivity index (χ3v) is 31.3. The first-order valence-electron chi connectivity index (χ1n) is 48.7. The van der Waals surface area contributed by atoms with Crippen LogP contribution in [0.25, 0.3) is 0 Å². The fourth-order valence-electron chi connectivity index (χ4n) is 23.9. The summed E-state index contributed by atoms with van der Waals surface area (Å²) in [5.74, 6) is -4.35. The molecule has 16 rings (SSSR count). The molecule has 33 heteroatoms. The van der Waals surface area contributed by atoms with E-state index in [1.807, 2.05) is 38.2 Å². The van der Waals surface area contributed by atoms with E-state index in [1.165, 1.54) is 45.6 Å². The fourth-order valence-corrected chi connectivity index (χ4v) is 23.9. The van der Waals surface area contributed by atoms with Crippen LogP contribution in [0, 0.1) is 47.3 Å². The minimum atomic E-state index is -1.92. The molecule has 0 aromatic carbocycles. The van der Waals surface area contributed by atoms with Gasteiger partial charge >= 0.3 is 62.4 Å². The molecule has 10 saturated heterocycles. The van der Waals surface area contributed by atoms with Crippen molar-refractivity contribution in [1.82, 2.24) is 0 Å². The normalized spacial score (nSPS) is 46.7. The first kappa shape index (κ1) is 109. The minimum absolute atomic E-state index is 0.0187. The van der Waals surface area contributed by atoms with Gasteiger partial charge in [-0.1, -0.05) is 127 Å². The molecule has 752 valence electrons. The van der Waals surface area contributed by atoms with Gasteiger partial charge in [-0.2, -0.15) is 0 Å². The molecular formula is C100H148I5O28-. The summed E-state index contributed by atoms with van der Waals surface area (Å²) < 4.78 is 128. The van der Waals surface area contributed by atoms with E-state index >= 15 is 0 Å². The number of carbonyl (C=O) groups is 4. The number of Topliss-reactive ketones (excluding diaryl/α,β-unsaturated/α-hetero) is 2. The summed E-state index contributed by atoms with van der Waals surface area (Å²) in [5.41, 5.74) is 0.0544. The number of ketones is 2. The molecule has 12 heterocycles. The first-order valence-corrected chi connectivity index (χ1v) is 67.6. The van der Waals surface area contributed by atoms with Crippen LogP contribution in [0.4, 0.5) is 0 Å². The number of rotatable bonds is 14. The van der Waals surface area contributed by atoms with Crippen molar-refractivity contribution in [2.75, 3.05) is 41.7 Å². The second kappa shape index (κ2) is 49.2. The molecule has 12 aliphatic heterocycles. The van der Waals surface area contributed by atoms with Gasteiger partial charge in [-0.3, -0.25) is 19.2 Å². The van der Waals surface area contributed by atoms with E-state index in [4.69, 9.17) is 94.7 Å². The molecular weight excluding hydrogens is 2280 g/mol. The number of halogens is 5. The second-order valence-electron chi connectivity index (χ2n) is 40.4. The molecule has 4 N–H and O–H groups in total. The Kier molecular flexibility index (Phi) is 40.4. The average molecular weight is 2430 g/mol. The van der Waals surface area contributed by atoms with E-state index in [1.54, 1.807) is 73.3 Å². The summed E-state index contributed by atoms with van der Waals surface area (Å²) in [4.78, 5) is 54.9. The SMILES string of the molecule is CO[C@@H]1C[C@H](O[C@H]2C(C)O[C@@H](O[C@@H]3/C(C)=C/C[C@@H]4C[C@@H](CC5(CC[C@H](C)[C@@H](C6CCCCC6)O5)O4)OC(=O)[C@@H]4C=C(C)C(=O)[C@H]5OC/C(=C\C=C\[C@@H]3C)[C@]54O)C[C@H]2OC)OC(C)C1=O.CO[C@@H]1C[C@H](O[C@H]2C(C)O[C@@H](O[C@@H]3/C(C)=C/C[C@@H]4C[C@@H](CC5(CC[C@H](C)[C@@H](C6CCCCC6)O5)O4)OC(=O)[C@@H]4C=C(C)C(O)[C@H]5OC/C(=C\C=C\[C@@H]3C)[C@]54O)C[C@H]2OC)OC(C)[C@@H]1O.II.I[I-]I. The molecule has 2 saturated carbocycles. The van der Waals surface area contributed by atoms with Crippen molar-refractivity contribution in [3.8, 4) is 0 Å². The maximum absolute atomic E-state index is 14.5. The number of esters is 2. The number of aliphatic hydroxyl groups is 4. The molecule has 7 unspecified atom stereocenters. The van der Waals surface area contributed by atoms with Crippen LogP contribution in [0.1, 0.15) is 237 Å². The van der Waals surface area contributed by atoms with Crippen LogP contribution in [0.3, 0.4) is 0 Å². The Morgan fingerprint density at radius 3 is 1.39 bits per heavy atom. The fraction of sp³-hybridized carbons (Fsp3) is 0.800. The van der Waals surface area contributed by atoms with Gasteiger partial charge < -0.3 is 115 Å². The molecule has 0 aromatic heterocycles. The molecule has 4 aliphatic carbocycles. The molecule has 28 nitrogen and oxygen atoms in total. The van der Waals surface area contributed by atoms with E-state index in [9.17, 15) is 39.6 Å². The van der Waals surface area contributed by atoms with E-state index < -0.39 is 175 Å². The van der Waals surface area contributed by atoms with Gasteiger partial charge in [0.1, 0.15) is 78.0 Å². The number of methoxy groups -OCH3 is 4. The van der Waals surface area contributed by atoms with Crippen molar-refractivity contribution in [2.24, 2.45) is 47.3 Å². The van der Waals surface area contributed by atoms with Crippen molar-refractivity contribution in [2.45, 2.75) is 419 Å². The summed E-state index contributed by atoms with van der Waals surface area (Å²) in [6.45, 7) is 23.7. The number of carbonyl (C=O) groups excluding carboxylic acids is 4. The van der Waals surface area contributed by atoms with E-state index in [-0.39, 0.29) is 73.6 Å². The number of hydrogen-bond donors (Lipinski definition) is 4. The summed E-state index contributed by atoms with van der Waals surface area (Å²) in [5, 5.41) is 46.9. The van der Waals surface area contributed by atoms with Crippen molar-refractivity contribution in [1.29, 1.82) is 0 Å². The van der Waals surface area contributed by atoms with Crippen molar-refractivity contribution in [3.63, 3.8) is 0 Å². The van der Waals surface area contributed by atoms with Gasteiger partial charge in [0.25, 0.3) is 0 Å². The molecule has 0 amide bonds. The Hall–Kier alpha value is -1.03. The quantitative estimate of drug-likeness (QED) is 0.0713. The Bertz CT molecular complexity index is 4130. The molecule has 0 aromatic rings. The molecule has 16 aliphatic rings. The third kappa shape index (κ3) is 25.4. The van der Waals surface area contributed by atoms with Crippen LogP contribution in [-0.4, -0.2) is 268 Å². The number of fused-ring (bicyclic) bond motifs is 4. The van der Waals surface area contributed by atoms with Crippen LogP contribution in [-0.2, 0) is 114 Å². The Balaban J connectivity index is 0.000000216. The second-order valence-corrected chi connectivity index (χ2v) is 56.6. The van der Waals surface area contributed by atoms with Crippen LogP contribution in [0.5, 0.6) is 0 Å². The van der Waals surface area contributed by atoms with Crippen molar-refractivity contribution < 1.29 is 148 Å².